The van der Waals surface area contributed by atoms with Crippen LogP contribution in [0.1, 0.15) is 73.6 Å². The van der Waals surface area contributed by atoms with Crippen LogP contribution in [-0.4, -0.2) is 62.1 Å². The highest BCUT2D eigenvalue weighted by atomic mass is 19.1. The third-order valence-corrected chi connectivity index (χ3v) is 7.60. The van der Waals surface area contributed by atoms with E-state index in [9.17, 15) is 18.8 Å². The standard InChI is InChI=1S/C36H42FNO8/c1-5-42-31-15-9-24(20-32(31)43-6-2)19-29-28-22-34(45-8-4)33(44-7-3)21-26(28)17-18-38(29)35(40)23-46-36(41)16-14-30(39)25-10-12-27(37)13-11-25/h9-13,15,20-22,29H,5-8,14,16-19,23H2,1-4H3. The Morgan fingerprint density at radius 2 is 1.37 bits per heavy atom. The summed E-state index contributed by atoms with van der Waals surface area (Å²) in [5.74, 6) is 0.758. The van der Waals surface area contributed by atoms with Crippen LogP contribution < -0.4 is 18.9 Å². The molecular weight excluding hydrogens is 593 g/mol. The Kier molecular flexibility index (Phi) is 12.4. The van der Waals surface area contributed by atoms with E-state index in [2.05, 4.69) is 0 Å². The molecule has 0 fully saturated rings. The second-order valence-electron chi connectivity index (χ2n) is 10.7. The summed E-state index contributed by atoms with van der Waals surface area (Å²) in [6.07, 6.45) is 0.739. The topological polar surface area (TPSA) is 101 Å². The van der Waals surface area contributed by atoms with Crippen LogP contribution in [0.25, 0.3) is 0 Å². The molecule has 0 aromatic heterocycles. The van der Waals surface area contributed by atoms with Gasteiger partial charge in [0, 0.05) is 18.5 Å². The summed E-state index contributed by atoms with van der Waals surface area (Å²) in [5, 5.41) is 0. The molecule has 10 heteroatoms. The molecule has 0 radical (unpaired) electrons. The molecule has 3 aromatic rings. The summed E-state index contributed by atoms with van der Waals surface area (Å²) in [6, 6.07) is 14.4. The van der Waals surface area contributed by atoms with Crippen molar-refractivity contribution in [3.05, 3.63) is 82.7 Å². The maximum absolute atomic E-state index is 13.6. The van der Waals surface area contributed by atoms with Crippen molar-refractivity contribution in [2.45, 2.75) is 59.4 Å². The third-order valence-electron chi connectivity index (χ3n) is 7.60. The molecule has 0 bridgehead atoms. The summed E-state index contributed by atoms with van der Waals surface area (Å²) in [7, 11) is 0. The Morgan fingerprint density at radius 3 is 2.02 bits per heavy atom. The molecule has 1 atom stereocenters. The maximum Gasteiger partial charge on any atom is 0.306 e. The highest BCUT2D eigenvalue weighted by molar-refractivity contribution is 5.97. The van der Waals surface area contributed by atoms with E-state index in [1.807, 2.05) is 58.0 Å². The zero-order valence-corrected chi connectivity index (χ0v) is 26.9. The smallest absolute Gasteiger partial charge is 0.306 e. The fraction of sp³-hybridized carbons (Fsp3) is 0.417. The SMILES string of the molecule is CCOc1ccc(CC2c3cc(OCC)c(OCC)cc3CCN2C(=O)COC(=O)CCC(=O)c2ccc(F)cc2)cc1OCC. The predicted octanol–water partition coefficient (Wildman–Crippen LogP) is 6.30. The molecule has 1 heterocycles. The predicted molar refractivity (Wildman–Crippen MR) is 170 cm³/mol. The Balaban J connectivity index is 1.54. The minimum atomic E-state index is -0.661. The lowest BCUT2D eigenvalue weighted by molar-refractivity contribution is -0.153. The molecule has 1 amide bonds. The molecule has 0 saturated carbocycles. The number of fused-ring (bicyclic) bond motifs is 1. The molecule has 1 aliphatic heterocycles. The first-order valence-corrected chi connectivity index (χ1v) is 15.8. The molecular formula is C36H42FNO8. The number of ketones is 1. The van der Waals surface area contributed by atoms with E-state index in [1.54, 1.807) is 4.90 Å². The van der Waals surface area contributed by atoms with Crippen molar-refractivity contribution in [2.75, 3.05) is 39.6 Å². The van der Waals surface area contributed by atoms with Crippen molar-refractivity contribution in [1.29, 1.82) is 0 Å². The van der Waals surface area contributed by atoms with Crippen molar-refractivity contribution < 1.29 is 42.5 Å². The van der Waals surface area contributed by atoms with Gasteiger partial charge in [0.25, 0.3) is 5.91 Å². The number of benzene rings is 3. The summed E-state index contributed by atoms with van der Waals surface area (Å²) >= 11 is 0. The fourth-order valence-electron chi connectivity index (χ4n) is 5.50. The normalized spacial score (nSPS) is 13.8. The molecule has 1 aliphatic rings. The molecule has 46 heavy (non-hydrogen) atoms. The maximum atomic E-state index is 13.6. The number of hydrogen-bond acceptors (Lipinski definition) is 8. The van der Waals surface area contributed by atoms with Crippen molar-refractivity contribution in [3.63, 3.8) is 0 Å². The first-order valence-electron chi connectivity index (χ1n) is 15.8. The van der Waals surface area contributed by atoms with Gasteiger partial charge in [0.05, 0.1) is 38.9 Å². The van der Waals surface area contributed by atoms with Gasteiger partial charge >= 0.3 is 5.97 Å². The highest BCUT2D eigenvalue weighted by Crippen LogP contribution is 2.41. The van der Waals surface area contributed by atoms with Gasteiger partial charge in [-0.1, -0.05) is 6.07 Å². The number of rotatable bonds is 16. The first kappa shape index (κ1) is 34.3. The van der Waals surface area contributed by atoms with Gasteiger partial charge in [0.1, 0.15) is 5.82 Å². The third kappa shape index (κ3) is 8.77. The lowest BCUT2D eigenvalue weighted by atomic mass is 9.88. The Hall–Kier alpha value is -4.60. The van der Waals surface area contributed by atoms with Crippen molar-refractivity contribution in [3.8, 4) is 23.0 Å². The number of ether oxygens (including phenoxy) is 5. The lowest BCUT2D eigenvalue weighted by Crippen LogP contribution is -2.43. The van der Waals surface area contributed by atoms with Crippen molar-refractivity contribution >= 4 is 17.7 Å². The number of esters is 1. The second kappa shape index (κ2) is 16.6. The highest BCUT2D eigenvalue weighted by Gasteiger charge is 2.33. The van der Waals surface area contributed by atoms with Gasteiger partial charge in [-0.05, 0) is 106 Å². The first-order chi connectivity index (χ1) is 22.3. The number of amides is 1. The number of nitrogens with zero attached hydrogens (tertiary/aromatic N) is 1. The fourth-order valence-corrected chi connectivity index (χ4v) is 5.50. The van der Waals surface area contributed by atoms with E-state index < -0.39 is 24.4 Å². The summed E-state index contributed by atoms with van der Waals surface area (Å²) in [6.45, 7) is 9.49. The van der Waals surface area contributed by atoms with Gasteiger partial charge in [0.2, 0.25) is 0 Å². The Labute approximate surface area is 269 Å². The van der Waals surface area contributed by atoms with Crippen LogP contribution >= 0.6 is 0 Å². The quantitative estimate of drug-likeness (QED) is 0.134. The van der Waals surface area contributed by atoms with Crippen LogP contribution in [0.4, 0.5) is 4.39 Å². The van der Waals surface area contributed by atoms with Gasteiger partial charge in [-0.15, -0.1) is 0 Å². The average molecular weight is 636 g/mol. The summed E-state index contributed by atoms with van der Waals surface area (Å²) in [4.78, 5) is 40.3. The molecule has 0 saturated heterocycles. The van der Waals surface area contributed by atoms with E-state index in [0.29, 0.717) is 74.4 Å². The Bertz CT molecular complexity index is 1510. The number of carbonyl (C=O) groups is 3. The number of halogens is 1. The average Bonchev–Trinajstić information content (AvgIpc) is 3.05. The van der Waals surface area contributed by atoms with Gasteiger partial charge in [-0.2, -0.15) is 0 Å². The molecule has 246 valence electrons. The van der Waals surface area contributed by atoms with Gasteiger partial charge in [-0.3, -0.25) is 14.4 Å². The monoisotopic (exact) mass is 635 g/mol. The van der Waals surface area contributed by atoms with Gasteiger partial charge in [-0.25, -0.2) is 4.39 Å². The van der Waals surface area contributed by atoms with E-state index >= 15 is 0 Å². The van der Waals surface area contributed by atoms with Gasteiger partial charge in [0.15, 0.2) is 35.4 Å². The van der Waals surface area contributed by atoms with Crippen LogP contribution in [0.3, 0.4) is 0 Å². The number of hydrogen-bond donors (Lipinski definition) is 0. The minimum absolute atomic E-state index is 0.110. The van der Waals surface area contributed by atoms with E-state index in [-0.39, 0.29) is 24.5 Å². The number of Topliss-reactive ketones (excluding diaryl/α,β-unsaturated/α-hetero) is 1. The molecule has 0 aliphatic carbocycles. The van der Waals surface area contributed by atoms with E-state index in [1.165, 1.54) is 24.3 Å². The summed E-state index contributed by atoms with van der Waals surface area (Å²) < 4.78 is 41.9. The van der Waals surface area contributed by atoms with Crippen LogP contribution in [-0.2, 0) is 27.2 Å². The molecule has 3 aromatic carbocycles. The zero-order chi connectivity index (χ0) is 33.1. The van der Waals surface area contributed by atoms with Crippen LogP contribution in [0, 0.1) is 5.82 Å². The molecule has 0 spiro atoms. The number of carbonyl (C=O) groups excluding carboxylic acids is 3. The Morgan fingerprint density at radius 1 is 0.761 bits per heavy atom. The van der Waals surface area contributed by atoms with Crippen LogP contribution in [0.2, 0.25) is 0 Å². The molecule has 9 nitrogen and oxygen atoms in total. The molecule has 0 N–H and O–H groups in total. The van der Waals surface area contributed by atoms with Crippen LogP contribution in [0.15, 0.2) is 54.6 Å². The van der Waals surface area contributed by atoms with Gasteiger partial charge < -0.3 is 28.6 Å². The zero-order valence-electron chi connectivity index (χ0n) is 26.9. The minimum Gasteiger partial charge on any atom is -0.490 e. The second-order valence-corrected chi connectivity index (χ2v) is 10.7. The van der Waals surface area contributed by atoms with Crippen LogP contribution in [0.5, 0.6) is 23.0 Å². The van der Waals surface area contributed by atoms with E-state index in [0.717, 1.165) is 16.7 Å². The largest absolute Gasteiger partial charge is 0.490 e. The lowest BCUT2D eigenvalue weighted by Gasteiger charge is -2.38. The van der Waals surface area contributed by atoms with E-state index in [4.69, 9.17) is 23.7 Å². The molecule has 4 rings (SSSR count). The molecule has 1 unspecified atom stereocenters. The van der Waals surface area contributed by atoms with Crippen molar-refractivity contribution in [1.82, 2.24) is 4.90 Å². The summed E-state index contributed by atoms with van der Waals surface area (Å²) in [5.41, 5.74) is 3.22. The van der Waals surface area contributed by atoms with Crippen molar-refractivity contribution in [2.24, 2.45) is 0 Å².